The van der Waals surface area contributed by atoms with E-state index in [9.17, 15) is 9.18 Å². The van der Waals surface area contributed by atoms with E-state index < -0.39 is 5.60 Å². The van der Waals surface area contributed by atoms with E-state index in [4.69, 9.17) is 10.5 Å². The zero-order chi connectivity index (χ0) is 15.6. The molecule has 0 aliphatic carbocycles. The summed E-state index contributed by atoms with van der Waals surface area (Å²) in [6.07, 6.45) is 1.34. The summed E-state index contributed by atoms with van der Waals surface area (Å²) in [6, 6.07) is 4.97. The van der Waals surface area contributed by atoms with E-state index in [-0.39, 0.29) is 23.5 Å². The number of rotatable bonds is 1. The molecule has 5 heteroatoms. The van der Waals surface area contributed by atoms with Gasteiger partial charge in [-0.1, -0.05) is 6.07 Å². The van der Waals surface area contributed by atoms with Crippen molar-refractivity contribution < 1.29 is 13.9 Å². The fourth-order valence-electron chi connectivity index (χ4n) is 2.52. The van der Waals surface area contributed by atoms with E-state index in [1.807, 2.05) is 26.8 Å². The van der Waals surface area contributed by atoms with Crippen molar-refractivity contribution in [3.63, 3.8) is 0 Å². The first-order valence-corrected chi connectivity index (χ1v) is 7.29. The van der Waals surface area contributed by atoms with Gasteiger partial charge in [-0.3, -0.25) is 0 Å². The average molecular weight is 294 g/mol. The minimum absolute atomic E-state index is 0.171. The fourth-order valence-corrected chi connectivity index (χ4v) is 2.52. The summed E-state index contributed by atoms with van der Waals surface area (Å²) in [5, 5.41) is 0. The number of anilines is 1. The molecule has 1 amide bonds. The molecule has 0 saturated carbocycles. The third-order valence-electron chi connectivity index (χ3n) is 3.64. The first-order valence-electron chi connectivity index (χ1n) is 7.29. The molecular formula is C16H23FN2O2. The van der Waals surface area contributed by atoms with Crippen molar-refractivity contribution in [1.29, 1.82) is 0 Å². The van der Waals surface area contributed by atoms with Crippen molar-refractivity contribution in [3.05, 3.63) is 29.6 Å². The van der Waals surface area contributed by atoms with E-state index in [0.29, 0.717) is 13.1 Å². The number of halogens is 1. The highest BCUT2D eigenvalue weighted by Crippen LogP contribution is 2.30. The molecule has 0 radical (unpaired) electrons. The van der Waals surface area contributed by atoms with Crippen LogP contribution in [0.5, 0.6) is 0 Å². The van der Waals surface area contributed by atoms with Crippen LogP contribution in [0, 0.1) is 5.82 Å². The molecule has 2 rings (SSSR count). The number of carbonyl (C=O) groups is 1. The Morgan fingerprint density at radius 2 is 1.95 bits per heavy atom. The maximum Gasteiger partial charge on any atom is 0.410 e. The van der Waals surface area contributed by atoms with E-state index in [1.165, 1.54) is 6.07 Å². The van der Waals surface area contributed by atoms with Gasteiger partial charge in [0.05, 0.1) is 5.69 Å². The molecule has 4 nitrogen and oxygen atoms in total. The Bertz CT molecular complexity index is 517. The molecule has 0 atom stereocenters. The van der Waals surface area contributed by atoms with Crippen LogP contribution in [0.4, 0.5) is 14.9 Å². The summed E-state index contributed by atoms with van der Waals surface area (Å²) in [7, 11) is 0. The minimum Gasteiger partial charge on any atom is -0.444 e. The van der Waals surface area contributed by atoms with Crippen LogP contribution < -0.4 is 5.73 Å². The Hall–Kier alpha value is -1.78. The van der Waals surface area contributed by atoms with E-state index in [0.717, 1.165) is 18.4 Å². The fraction of sp³-hybridized carbons (Fsp3) is 0.562. The van der Waals surface area contributed by atoms with Crippen LogP contribution in [0.1, 0.15) is 45.1 Å². The molecule has 0 spiro atoms. The van der Waals surface area contributed by atoms with Gasteiger partial charge in [-0.05, 0) is 57.2 Å². The lowest BCUT2D eigenvalue weighted by Gasteiger charge is -2.33. The molecule has 1 aromatic rings. The van der Waals surface area contributed by atoms with Gasteiger partial charge in [0, 0.05) is 13.1 Å². The van der Waals surface area contributed by atoms with Gasteiger partial charge in [-0.25, -0.2) is 9.18 Å². The molecule has 0 aromatic heterocycles. The Balaban J connectivity index is 1.94. The van der Waals surface area contributed by atoms with Gasteiger partial charge in [0.1, 0.15) is 11.4 Å². The van der Waals surface area contributed by atoms with E-state index >= 15 is 0 Å². The zero-order valence-corrected chi connectivity index (χ0v) is 12.9. The number of nitrogens with zero attached hydrogens (tertiary/aromatic N) is 1. The lowest BCUT2D eigenvalue weighted by molar-refractivity contribution is 0.0205. The second-order valence-electron chi connectivity index (χ2n) is 6.52. The second-order valence-corrected chi connectivity index (χ2v) is 6.52. The number of ether oxygens (including phenoxy) is 1. The lowest BCUT2D eigenvalue weighted by atomic mass is 9.89. The monoisotopic (exact) mass is 294 g/mol. The number of benzene rings is 1. The van der Waals surface area contributed by atoms with Crippen LogP contribution in [-0.2, 0) is 4.74 Å². The van der Waals surface area contributed by atoms with Crippen molar-refractivity contribution in [2.45, 2.75) is 45.1 Å². The molecular weight excluding hydrogens is 271 g/mol. The van der Waals surface area contributed by atoms with Crippen LogP contribution in [0.3, 0.4) is 0 Å². The minimum atomic E-state index is -0.478. The van der Waals surface area contributed by atoms with E-state index in [2.05, 4.69) is 0 Å². The summed E-state index contributed by atoms with van der Waals surface area (Å²) < 4.78 is 18.9. The summed E-state index contributed by atoms with van der Waals surface area (Å²) in [5.74, 6) is -0.110. The number of hydrogen-bond acceptors (Lipinski definition) is 3. The molecule has 116 valence electrons. The zero-order valence-electron chi connectivity index (χ0n) is 12.9. The van der Waals surface area contributed by atoms with Crippen molar-refractivity contribution in [2.24, 2.45) is 0 Å². The number of hydrogen-bond donors (Lipinski definition) is 1. The highest BCUT2D eigenvalue weighted by atomic mass is 19.1. The molecule has 0 unspecified atom stereocenters. The number of nitrogens with two attached hydrogens (primary N) is 1. The molecule has 1 aliphatic heterocycles. The van der Waals surface area contributed by atoms with Crippen molar-refractivity contribution >= 4 is 11.8 Å². The van der Waals surface area contributed by atoms with Gasteiger partial charge in [-0.2, -0.15) is 0 Å². The van der Waals surface area contributed by atoms with Crippen LogP contribution in [0.15, 0.2) is 18.2 Å². The molecule has 1 aliphatic rings. The van der Waals surface area contributed by atoms with Gasteiger partial charge >= 0.3 is 6.09 Å². The molecule has 1 aromatic carbocycles. The summed E-state index contributed by atoms with van der Waals surface area (Å²) >= 11 is 0. The number of piperidine rings is 1. The van der Waals surface area contributed by atoms with Gasteiger partial charge < -0.3 is 15.4 Å². The van der Waals surface area contributed by atoms with Gasteiger partial charge in [0.2, 0.25) is 0 Å². The third kappa shape index (κ3) is 4.09. The topological polar surface area (TPSA) is 55.6 Å². The van der Waals surface area contributed by atoms with Gasteiger partial charge in [0.25, 0.3) is 0 Å². The molecule has 1 saturated heterocycles. The highest BCUT2D eigenvalue weighted by molar-refractivity contribution is 5.68. The predicted octanol–water partition coefficient (Wildman–Crippen LogP) is 3.52. The Labute approximate surface area is 125 Å². The highest BCUT2D eigenvalue weighted by Gasteiger charge is 2.27. The molecule has 21 heavy (non-hydrogen) atoms. The van der Waals surface area contributed by atoms with Gasteiger partial charge in [-0.15, -0.1) is 0 Å². The molecule has 1 heterocycles. The summed E-state index contributed by atoms with van der Waals surface area (Å²) in [4.78, 5) is 13.7. The third-order valence-corrected chi connectivity index (χ3v) is 3.64. The molecule has 1 fully saturated rings. The first kappa shape index (κ1) is 15.6. The Morgan fingerprint density at radius 3 is 2.48 bits per heavy atom. The standard InChI is InChI=1S/C16H23FN2O2/c1-16(2,3)21-15(20)19-8-6-11(7-9-19)12-4-5-14(18)13(17)10-12/h4-5,10-11H,6-9,18H2,1-3H3. The number of nitrogen functional groups attached to an aromatic ring is 1. The van der Waals surface area contributed by atoms with E-state index in [1.54, 1.807) is 11.0 Å². The molecule has 0 bridgehead atoms. The number of carbonyl (C=O) groups excluding carboxylic acids is 1. The quantitative estimate of drug-likeness (QED) is 0.806. The maximum atomic E-state index is 13.5. The number of amides is 1. The first-order chi connectivity index (χ1) is 9.76. The largest absolute Gasteiger partial charge is 0.444 e. The lowest BCUT2D eigenvalue weighted by Crippen LogP contribution is -2.41. The van der Waals surface area contributed by atoms with Crippen molar-refractivity contribution in [2.75, 3.05) is 18.8 Å². The van der Waals surface area contributed by atoms with Gasteiger partial charge in [0.15, 0.2) is 0 Å². The van der Waals surface area contributed by atoms with Crippen molar-refractivity contribution in [1.82, 2.24) is 4.90 Å². The normalized spacial score (nSPS) is 16.9. The van der Waals surface area contributed by atoms with Crippen LogP contribution >= 0.6 is 0 Å². The van der Waals surface area contributed by atoms with Crippen LogP contribution in [0.2, 0.25) is 0 Å². The summed E-state index contributed by atoms with van der Waals surface area (Å²) in [6.45, 7) is 6.83. The Kier molecular flexibility index (Phi) is 4.40. The SMILES string of the molecule is CC(C)(C)OC(=O)N1CCC(c2ccc(N)c(F)c2)CC1. The van der Waals surface area contributed by atoms with Crippen LogP contribution in [0.25, 0.3) is 0 Å². The second kappa shape index (κ2) is 5.92. The molecule has 2 N–H and O–H groups in total. The maximum absolute atomic E-state index is 13.5. The summed E-state index contributed by atoms with van der Waals surface area (Å²) in [5.41, 5.74) is 6.14. The predicted molar refractivity (Wildman–Crippen MR) is 80.6 cm³/mol. The Morgan fingerprint density at radius 1 is 1.33 bits per heavy atom. The number of likely N-dealkylation sites (tertiary alicyclic amines) is 1. The smallest absolute Gasteiger partial charge is 0.410 e. The van der Waals surface area contributed by atoms with Crippen LogP contribution in [-0.4, -0.2) is 29.7 Å². The van der Waals surface area contributed by atoms with Crippen molar-refractivity contribution in [3.8, 4) is 0 Å². The average Bonchev–Trinajstić information content (AvgIpc) is 2.40.